The number of hydrogen-bond donors (Lipinski definition) is 1. The molecule has 1 N–H and O–H groups in total. The number of aromatic nitrogens is 4. The molecule has 0 aliphatic carbocycles. The minimum Gasteiger partial charge on any atom is -0.323 e. The van der Waals surface area contributed by atoms with Gasteiger partial charge in [0.1, 0.15) is 5.82 Å². The molecule has 0 saturated carbocycles. The number of nitrogens with one attached hydrogen (secondary N) is 1. The van der Waals surface area contributed by atoms with Gasteiger partial charge in [0.05, 0.1) is 10.9 Å². The summed E-state index contributed by atoms with van der Waals surface area (Å²) in [5.74, 6) is -0.0733. The molecule has 144 valence electrons. The molecule has 28 heavy (non-hydrogen) atoms. The summed E-state index contributed by atoms with van der Waals surface area (Å²) in [6.07, 6.45) is 5.67. The van der Waals surface area contributed by atoms with E-state index in [1.807, 2.05) is 23.6 Å². The van der Waals surface area contributed by atoms with E-state index in [9.17, 15) is 9.18 Å². The fourth-order valence-corrected chi connectivity index (χ4v) is 3.57. The predicted octanol–water partition coefficient (Wildman–Crippen LogP) is 4.17. The molecule has 1 atom stereocenters. The number of anilines is 1. The normalized spacial score (nSPS) is 11.8. The molecule has 3 rings (SSSR count). The molecule has 8 heteroatoms. The highest BCUT2D eigenvalue weighted by atomic mass is 32.2. The first-order valence-corrected chi connectivity index (χ1v) is 9.68. The predicted molar refractivity (Wildman–Crippen MR) is 108 cm³/mol. The molecule has 0 unspecified atom stereocenters. The van der Waals surface area contributed by atoms with E-state index in [-0.39, 0.29) is 11.6 Å². The van der Waals surface area contributed by atoms with Crippen molar-refractivity contribution in [2.45, 2.75) is 30.3 Å². The lowest BCUT2D eigenvalue weighted by atomic mass is 10.2. The van der Waals surface area contributed by atoms with Gasteiger partial charge in [-0.3, -0.25) is 14.3 Å². The van der Waals surface area contributed by atoms with Gasteiger partial charge in [-0.05, 0) is 30.7 Å². The maximum atomic E-state index is 13.8. The maximum absolute atomic E-state index is 13.8. The number of carbonyl (C=O) groups excluding carboxylic acids is 1. The van der Waals surface area contributed by atoms with Gasteiger partial charge in [-0.15, -0.1) is 16.8 Å². The van der Waals surface area contributed by atoms with Gasteiger partial charge in [-0.2, -0.15) is 0 Å². The van der Waals surface area contributed by atoms with Crippen LogP contribution in [-0.4, -0.2) is 30.9 Å². The Morgan fingerprint density at radius 3 is 2.71 bits per heavy atom. The average Bonchev–Trinajstić information content (AvgIpc) is 3.11. The lowest BCUT2D eigenvalue weighted by Crippen LogP contribution is -2.25. The lowest BCUT2D eigenvalue weighted by molar-refractivity contribution is -0.115. The number of halogens is 1. The molecule has 2 aromatic heterocycles. The summed E-state index contributed by atoms with van der Waals surface area (Å²) in [7, 11) is 0. The molecule has 6 nitrogen and oxygen atoms in total. The monoisotopic (exact) mass is 397 g/mol. The summed E-state index contributed by atoms with van der Waals surface area (Å²) >= 11 is 1.30. The van der Waals surface area contributed by atoms with Crippen LogP contribution in [0.15, 0.2) is 66.6 Å². The third-order valence-electron chi connectivity index (χ3n) is 4.01. The molecule has 0 aliphatic heterocycles. The smallest absolute Gasteiger partial charge is 0.238 e. The molecule has 0 saturated heterocycles. The van der Waals surface area contributed by atoms with Crippen molar-refractivity contribution in [3.63, 3.8) is 0 Å². The molecule has 1 aromatic carbocycles. The zero-order chi connectivity index (χ0) is 19.9. The van der Waals surface area contributed by atoms with Crippen molar-refractivity contribution in [2.24, 2.45) is 0 Å². The number of amides is 1. The Morgan fingerprint density at radius 2 is 2.04 bits per heavy atom. The summed E-state index contributed by atoms with van der Waals surface area (Å²) in [5, 5.41) is 11.3. The van der Waals surface area contributed by atoms with E-state index in [1.165, 1.54) is 23.9 Å². The molecule has 0 radical (unpaired) electrons. The molecule has 0 bridgehead atoms. The highest BCUT2D eigenvalue weighted by Crippen LogP contribution is 2.29. The molecule has 3 aromatic rings. The van der Waals surface area contributed by atoms with Crippen LogP contribution in [0.2, 0.25) is 0 Å². The van der Waals surface area contributed by atoms with E-state index in [0.29, 0.717) is 23.9 Å². The van der Waals surface area contributed by atoms with Gasteiger partial charge in [0.2, 0.25) is 5.91 Å². The largest absolute Gasteiger partial charge is 0.323 e. The van der Waals surface area contributed by atoms with E-state index < -0.39 is 11.1 Å². The van der Waals surface area contributed by atoms with Crippen LogP contribution in [0.4, 0.5) is 10.1 Å². The number of pyridine rings is 1. The number of allylic oxidation sites excluding steroid dienone is 1. The van der Waals surface area contributed by atoms with Crippen LogP contribution < -0.4 is 5.32 Å². The van der Waals surface area contributed by atoms with Gasteiger partial charge in [0.15, 0.2) is 11.0 Å². The lowest BCUT2D eigenvalue weighted by Gasteiger charge is -2.15. The summed E-state index contributed by atoms with van der Waals surface area (Å²) < 4.78 is 15.7. The first-order chi connectivity index (χ1) is 13.6. The highest BCUT2D eigenvalue weighted by Gasteiger charge is 2.23. The zero-order valence-corrected chi connectivity index (χ0v) is 16.2. The third kappa shape index (κ3) is 4.45. The summed E-state index contributed by atoms with van der Waals surface area (Å²) in [6, 6.07) is 9.79. The highest BCUT2D eigenvalue weighted by molar-refractivity contribution is 8.00. The van der Waals surface area contributed by atoms with E-state index in [1.54, 1.807) is 30.6 Å². The molecule has 1 amide bonds. The van der Waals surface area contributed by atoms with Gasteiger partial charge in [-0.25, -0.2) is 4.39 Å². The second-order valence-corrected chi connectivity index (χ2v) is 7.10. The Hall–Kier alpha value is -3.00. The fraction of sp³-hybridized carbons (Fsp3) is 0.200. The van der Waals surface area contributed by atoms with Crippen molar-refractivity contribution in [2.75, 3.05) is 5.32 Å². The van der Waals surface area contributed by atoms with Crippen LogP contribution in [0.5, 0.6) is 0 Å². The Labute approximate surface area is 166 Å². The van der Waals surface area contributed by atoms with Crippen LogP contribution in [0.25, 0.3) is 11.4 Å². The van der Waals surface area contributed by atoms with Gasteiger partial charge >= 0.3 is 0 Å². The van der Waals surface area contributed by atoms with E-state index in [2.05, 4.69) is 27.1 Å². The number of carbonyl (C=O) groups is 1. The first-order valence-electron chi connectivity index (χ1n) is 8.80. The standard InChI is InChI=1S/C20H20FN5OS/c1-3-13-26-18(14-9-11-22-12-10-14)24-25-20(26)28-17(4-2)19(27)23-16-8-6-5-7-15(16)21/h3,5-12,17H,1,4,13H2,2H3,(H,23,27)/t17-/m0/s1. The van der Waals surface area contributed by atoms with Crippen LogP contribution in [-0.2, 0) is 11.3 Å². The number of nitrogens with zero attached hydrogens (tertiary/aromatic N) is 4. The number of rotatable bonds is 8. The SMILES string of the molecule is C=CCn1c(S[C@@H](CC)C(=O)Nc2ccccc2F)nnc1-c1ccncc1. The number of hydrogen-bond acceptors (Lipinski definition) is 5. The number of benzene rings is 1. The second kappa shape index (κ2) is 9.27. The molecule has 0 spiro atoms. The minimum atomic E-state index is -0.467. The van der Waals surface area contributed by atoms with Crippen molar-refractivity contribution in [3.05, 3.63) is 67.3 Å². The van der Waals surface area contributed by atoms with E-state index in [4.69, 9.17) is 0 Å². The van der Waals surface area contributed by atoms with Crippen LogP contribution in [0, 0.1) is 5.82 Å². The fourth-order valence-electron chi connectivity index (χ4n) is 2.61. The van der Waals surface area contributed by atoms with Crippen molar-refractivity contribution in [1.82, 2.24) is 19.7 Å². The quantitative estimate of drug-likeness (QED) is 0.456. The molecule has 0 aliphatic rings. The van der Waals surface area contributed by atoms with Crippen molar-refractivity contribution in [1.29, 1.82) is 0 Å². The number of para-hydroxylation sites is 1. The van der Waals surface area contributed by atoms with Crippen molar-refractivity contribution in [3.8, 4) is 11.4 Å². The molecule has 0 fully saturated rings. The Balaban J connectivity index is 1.82. The van der Waals surface area contributed by atoms with Gasteiger partial charge in [0, 0.05) is 24.5 Å². The second-order valence-electron chi connectivity index (χ2n) is 5.93. The molecular formula is C20H20FN5OS. The third-order valence-corrected chi connectivity index (χ3v) is 5.35. The molecular weight excluding hydrogens is 377 g/mol. The van der Waals surface area contributed by atoms with E-state index in [0.717, 1.165) is 5.56 Å². The van der Waals surface area contributed by atoms with Gasteiger partial charge < -0.3 is 5.32 Å². The maximum Gasteiger partial charge on any atom is 0.238 e. The average molecular weight is 397 g/mol. The summed E-state index contributed by atoms with van der Waals surface area (Å²) in [6.45, 7) is 6.19. The van der Waals surface area contributed by atoms with Gasteiger partial charge in [-0.1, -0.05) is 36.9 Å². The topological polar surface area (TPSA) is 72.7 Å². The van der Waals surface area contributed by atoms with Crippen LogP contribution >= 0.6 is 11.8 Å². The summed E-state index contributed by atoms with van der Waals surface area (Å²) in [4.78, 5) is 16.7. The Bertz CT molecular complexity index is 960. The summed E-state index contributed by atoms with van der Waals surface area (Å²) in [5.41, 5.74) is 1.04. The van der Waals surface area contributed by atoms with Crippen molar-refractivity contribution < 1.29 is 9.18 Å². The molecule has 2 heterocycles. The Morgan fingerprint density at radius 1 is 1.29 bits per heavy atom. The van der Waals surface area contributed by atoms with Crippen molar-refractivity contribution >= 4 is 23.4 Å². The van der Waals surface area contributed by atoms with Crippen LogP contribution in [0.1, 0.15) is 13.3 Å². The zero-order valence-electron chi connectivity index (χ0n) is 15.4. The Kier molecular flexibility index (Phi) is 6.54. The minimum absolute atomic E-state index is 0.164. The first kappa shape index (κ1) is 19.8. The number of thioether (sulfide) groups is 1. The van der Waals surface area contributed by atoms with Gasteiger partial charge in [0.25, 0.3) is 0 Å². The van der Waals surface area contributed by atoms with Crippen LogP contribution in [0.3, 0.4) is 0 Å². The van der Waals surface area contributed by atoms with E-state index >= 15 is 0 Å².